The Bertz CT molecular complexity index is 810. The molecule has 144 valence electrons. The molecule has 0 N–H and O–H groups in total. The van der Waals surface area contributed by atoms with Gasteiger partial charge in [-0.25, -0.2) is 9.97 Å². The van der Waals surface area contributed by atoms with Gasteiger partial charge in [0.05, 0.1) is 0 Å². The molecule has 1 amide bonds. The fraction of sp³-hybridized carbons (Fsp3) is 0.600. The van der Waals surface area contributed by atoms with Gasteiger partial charge in [0, 0.05) is 68.5 Å². The van der Waals surface area contributed by atoms with E-state index in [9.17, 15) is 4.79 Å². The van der Waals surface area contributed by atoms with Gasteiger partial charge >= 0.3 is 0 Å². The van der Waals surface area contributed by atoms with Gasteiger partial charge in [0.15, 0.2) is 5.69 Å². The molecule has 7 heteroatoms. The Labute approximate surface area is 159 Å². The molecule has 1 fully saturated rings. The average Bonchev–Trinajstić information content (AvgIpc) is 3.16. The van der Waals surface area contributed by atoms with Crippen LogP contribution in [0.3, 0.4) is 0 Å². The van der Waals surface area contributed by atoms with Crippen molar-refractivity contribution in [1.29, 1.82) is 0 Å². The van der Waals surface area contributed by atoms with E-state index in [0.29, 0.717) is 24.7 Å². The average molecular weight is 369 g/mol. The molecule has 2 aliphatic heterocycles. The molecule has 0 unspecified atom stereocenters. The van der Waals surface area contributed by atoms with E-state index in [1.807, 2.05) is 11.1 Å². The topological polar surface area (TPSA) is 75.4 Å². The van der Waals surface area contributed by atoms with E-state index in [-0.39, 0.29) is 5.91 Å². The van der Waals surface area contributed by atoms with Crippen molar-refractivity contribution in [2.75, 3.05) is 26.7 Å². The molecule has 0 spiro atoms. The smallest absolute Gasteiger partial charge is 0.276 e. The molecule has 0 atom stereocenters. The largest absolute Gasteiger partial charge is 0.361 e. The minimum Gasteiger partial charge on any atom is -0.361 e. The molecule has 1 saturated heterocycles. The van der Waals surface area contributed by atoms with Gasteiger partial charge < -0.3 is 14.3 Å². The second-order valence-corrected chi connectivity index (χ2v) is 7.68. The predicted molar refractivity (Wildman–Crippen MR) is 100 cm³/mol. The number of rotatable bonds is 4. The first-order valence-electron chi connectivity index (χ1n) is 9.92. The quantitative estimate of drug-likeness (QED) is 0.824. The minimum atomic E-state index is -0.0334. The van der Waals surface area contributed by atoms with E-state index in [0.717, 1.165) is 56.8 Å². The number of likely N-dealkylation sites (tertiary alicyclic amines) is 1. The van der Waals surface area contributed by atoms with E-state index in [4.69, 9.17) is 9.51 Å². The Kier molecular flexibility index (Phi) is 5.20. The van der Waals surface area contributed by atoms with Crippen LogP contribution in [0.2, 0.25) is 0 Å². The zero-order valence-corrected chi connectivity index (χ0v) is 16.1. The molecule has 27 heavy (non-hydrogen) atoms. The Morgan fingerprint density at radius 1 is 1.30 bits per heavy atom. The standard InChI is InChI=1S/C20H27N5O2/c1-3-4-16-11-18(23-27-16)20(26)25-9-5-14(6-10-25)19-21-12-15-13-24(2)8-7-17(15)22-19/h11-12,14H,3-10,13H2,1-2H3. The third kappa shape index (κ3) is 3.88. The van der Waals surface area contributed by atoms with Crippen molar-refractivity contribution < 1.29 is 9.32 Å². The van der Waals surface area contributed by atoms with Crippen molar-refractivity contribution in [3.63, 3.8) is 0 Å². The highest BCUT2D eigenvalue weighted by molar-refractivity contribution is 5.92. The van der Waals surface area contributed by atoms with Crippen molar-refractivity contribution in [1.82, 2.24) is 24.9 Å². The lowest BCUT2D eigenvalue weighted by atomic mass is 9.95. The third-order valence-electron chi connectivity index (χ3n) is 5.57. The van der Waals surface area contributed by atoms with E-state index in [1.165, 1.54) is 11.3 Å². The SMILES string of the molecule is CCCc1cc(C(=O)N2CCC(c3ncc4c(n3)CCN(C)C4)CC2)no1. The highest BCUT2D eigenvalue weighted by Crippen LogP contribution is 2.27. The van der Waals surface area contributed by atoms with Crippen LogP contribution in [0.5, 0.6) is 0 Å². The lowest BCUT2D eigenvalue weighted by molar-refractivity contribution is 0.0700. The molecule has 0 bridgehead atoms. The van der Waals surface area contributed by atoms with Gasteiger partial charge in [0.1, 0.15) is 11.6 Å². The van der Waals surface area contributed by atoms with Crippen LogP contribution in [0.15, 0.2) is 16.8 Å². The van der Waals surface area contributed by atoms with Gasteiger partial charge in [-0.15, -0.1) is 0 Å². The van der Waals surface area contributed by atoms with Gasteiger partial charge in [-0.05, 0) is 26.3 Å². The van der Waals surface area contributed by atoms with Crippen LogP contribution in [-0.4, -0.2) is 57.5 Å². The lowest BCUT2D eigenvalue weighted by Gasteiger charge is -2.31. The van der Waals surface area contributed by atoms with Crippen molar-refractivity contribution >= 4 is 5.91 Å². The molecule has 4 heterocycles. The Morgan fingerprint density at radius 3 is 2.89 bits per heavy atom. The van der Waals surface area contributed by atoms with Crippen LogP contribution in [0.1, 0.15) is 65.4 Å². The monoisotopic (exact) mass is 369 g/mol. The third-order valence-corrected chi connectivity index (χ3v) is 5.57. The van der Waals surface area contributed by atoms with Crippen molar-refractivity contribution in [2.24, 2.45) is 0 Å². The number of aromatic nitrogens is 3. The number of hydrogen-bond acceptors (Lipinski definition) is 6. The first kappa shape index (κ1) is 18.1. The molecule has 2 aromatic rings. The van der Waals surface area contributed by atoms with Crippen LogP contribution in [-0.2, 0) is 19.4 Å². The van der Waals surface area contributed by atoms with E-state index < -0.39 is 0 Å². The summed E-state index contributed by atoms with van der Waals surface area (Å²) in [5.41, 5.74) is 2.86. The molecule has 0 aromatic carbocycles. The maximum Gasteiger partial charge on any atom is 0.276 e. The van der Waals surface area contributed by atoms with Crippen LogP contribution in [0, 0.1) is 0 Å². The summed E-state index contributed by atoms with van der Waals surface area (Å²) in [6.07, 6.45) is 6.56. The van der Waals surface area contributed by atoms with Crippen LogP contribution in [0.4, 0.5) is 0 Å². The molecular weight excluding hydrogens is 342 g/mol. The van der Waals surface area contributed by atoms with Gasteiger partial charge in [-0.1, -0.05) is 12.1 Å². The fourth-order valence-corrected chi connectivity index (χ4v) is 3.95. The Morgan fingerprint density at radius 2 is 2.11 bits per heavy atom. The number of amides is 1. The van der Waals surface area contributed by atoms with Crippen molar-refractivity contribution in [2.45, 2.75) is 51.5 Å². The zero-order valence-electron chi connectivity index (χ0n) is 16.1. The van der Waals surface area contributed by atoms with Crippen molar-refractivity contribution in [3.05, 3.63) is 40.8 Å². The summed E-state index contributed by atoms with van der Waals surface area (Å²) in [4.78, 5) is 26.3. The molecule has 0 saturated carbocycles. The van der Waals surface area contributed by atoms with Gasteiger partial charge in [0.25, 0.3) is 5.91 Å². The first-order chi connectivity index (χ1) is 13.1. The summed E-state index contributed by atoms with van der Waals surface area (Å²) in [6, 6.07) is 1.78. The van der Waals surface area contributed by atoms with Crippen LogP contribution >= 0.6 is 0 Å². The normalized spacial score (nSPS) is 18.5. The minimum absolute atomic E-state index is 0.0334. The highest BCUT2D eigenvalue weighted by atomic mass is 16.5. The predicted octanol–water partition coefficient (Wildman–Crippen LogP) is 2.42. The van der Waals surface area contributed by atoms with E-state index in [2.05, 4.69) is 29.0 Å². The molecule has 2 aromatic heterocycles. The van der Waals surface area contributed by atoms with Gasteiger partial charge in [-0.2, -0.15) is 0 Å². The summed E-state index contributed by atoms with van der Waals surface area (Å²) in [5.74, 6) is 2.02. The van der Waals surface area contributed by atoms with Crippen LogP contribution < -0.4 is 0 Å². The summed E-state index contributed by atoms with van der Waals surface area (Å²) < 4.78 is 5.25. The first-order valence-corrected chi connectivity index (χ1v) is 9.92. The maximum atomic E-state index is 12.7. The zero-order chi connectivity index (χ0) is 18.8. The molecule has 0 aliphatic carbocycles. The number of likely N-dealkylation sites (N-methyl/N-ethyl adjacent to an activating group) is 1. The second kappa shape index (κ2) is 7.76. The number of fused-ring (bicyclic) bond motifs is 1. The summed E-state index contributed by atoms with van der Waals surface area (Å²) >= 11 is 0. The molecule has 7 nitrogen and oxygen atoms in total. The summed E-state index contributed by atoms with van der Waals surface area (Å²) in [5, 5.41) is 3.95. The molecule has 2 aliphatic rings. The maximum absolute atomic E-state index is 12.7. The second-order valence-electron chi connectivity index (χ2n) is 7.68. The van der Waals surface area contributed by atoms with Gasteiger partial charge in [-0.3, -0.25) is 4.79 Å². The highest BCUT2D eigenvalue weighted by Gasteiger charge is 2.28. The summed E-state index contributed by atoms with van der Waals surface area (Å²) in [6.45, 7) is 5.48. The molecule has 0 radical (unpaired) electrons. The number of nitrogens with zero attached hydrogens (tertiary/aromatic N) is 5. The Hall–Kier alpha value is -2.28. The van der Waals surface area contributed by atoms with E-state index in [1.54, 1.807) is 6.07 Å². The van der Waals surface area contributed by atoms with Crippen molar-refractivity contribution in [3.8, 4) is 0 Å². The Balaban J connectivity index is 1.38. The molecule has 4 rings (SSSR count). The number of carbonyl (C=O) groups is 1. The number of hydrogen-bond donors (Lipinski definition) is 0. The summed E-state index contributed by atoms with van der Waals surface area (Å²) in [7, 11) is 2.13. The van der Waals surface area contributed by atoms with E-state index >= 15 is 0 Å². The van der Waals surface area contributed by atoms with Crippen LogP contribution in [0.25, 0.3) is 0 Å². The lowest BCUT2D eigenvalue weighted by Crippen LogP contribution is -2.38. The number of carbonyl (C=O) groups excluding carboxylic acids is 1. The number of piperidine rings is 1. The van der Waals surface area contributed by atoms with Gasteiger partial charge in [0.2, 0.25) is 0 Å². The number of aryl methyl sites for hydroxylation is 1. The molecular formula is C20H27N5O2. The fourth-order valence-electron chi connectivity index (χ4n) is 3.95.